The van der Waals surface area contributed by atoms with Crippen molar-refractivity contribution >= 4 is 11.8 Å². The van der Waals surface area contributed by atoms with Crippen LogP contribution in [0.3, 0.4) is 0 Å². The first-order chi connectivity index (χ1) is 9.90. The first-order valence-corrected chi connectivity index (χ1v) is 7.07. The fourth-order valence-corrected chi connectivity index (χ4v) is 2.68. The summed E-state index contributed by atoms with van der Waals surface area (Å²) in [5.74, 6) is 6.04. The van der Waals surface area contributed by atoms with Gasteiger partial charge in [0.05, 0.1) is 0 Å². The molecule has 0 aliphatic heterocycles. The number of anilines is 2. The van der Waals surface area contributed by atoms with Crippen LogP contribution in [0, 0.1) is 11.8 Å². The molecule has 2 unspecified atom stereocenters. The largest absolute Gasteiger partial charge is 0.433 e. The lowest BCUT2D eigenvalue weighted by atomic mass is 9.80. The minimum Gasteiger partial charge on any atom is -0.370 e. The van der Waals surface area contributed by atoms with Crippen LogP contribution in [-0.4, -0.2) is 16.5 Å². The second kappa shape index (κ2) is 6.46. The van der Waals surface area contributed by atoms with Crippen LogP contribution in [-0.2, 0) is 6.18 Å². The smallest absolute Gasteiger partial charge is 0.370 e. The van der Waals surface area contributed by atoms with E-state index in [1.54, 1.807) is 0 Å². The average molecular weight is 303 g/mol. The minimum absolute atomic E-state index is 0.142. The Balaban J connectivity index is 2.08. The quantitative estimate of drug-likeness (QED) is 0.589. The van der Waals surface area contributed by atoms with Crippen LogP contribution in [0.4, 0.5) is 24.9 Å². The predicted octanol–water partition coefficient (Wildman–Crippen LogP) is 3.02. The van der Waals surface area contributed by atoms with Crippen LogP contribution in [0.15, 0.2) is 6.07 Å². The molecule has 1 aromatic rings. The molecule has 1 heterocycles. The molecule has 5 nitrogen and oxygen atoms in total. The van der Waals surface area contributed by atoms with Gasteiger partial charge in [-0.05, 0) is 18.3 Å². The predicted molar refractivity (Wildman–Crippen MR) is 74.5 cm³/mol. The number of nitrogens with one attached hydrogen (secondary N) is 2. The Kier molecular flexibility index (Phi) is 4.87. The van der Waals surface area contributed by atoms with Gasteiger partial charge in [0.2, 0.25) is 5.95 Å². The third kappa shape index (κ3) is 4.20. The van der Waals surface area contributed by atoms with E-state index in [-0.39, 0.29) is 11.8 Å². The summed E-state index contributed by atoms with van der Waals surface area (Å²) in [4.78, 5) is 7.24. The van der Waals surface area contributed by atoms with Gasteiger partial charge in [0.1, 0.15) is 5.82 Å². The minimum atomic E-state index is -4.52. The summed E-state index contributed by atoms with van der Waals surface area (Å²) >= 11 is 0. The van der Waals surface area contributed by atoms with Crippen molar-refractivity contribution in [2.45, 2.75) is 38.8 Å². The molecule has 21 heavy (non-hydrogen) atoms. The number of hydrogen-bond acceptors (Lipinski definition) is 5. The van der Waals surface area contributed by atoms with Crippen LogP contribution in [0.5, 0.6) is 0 Å². The SMILES string of the molecule is CC1CCCCC1CNc1cc(C(F)(F)F)nc(NN)n1. The zero-order valence-electron chi connectivity index (χ0n) is 11.9. The Morgan fingerprint density at radius 2 is 2.00 bits per heavy atom. The monoisotopic (exact) mass is 303 g/mol. The van der Waals surface area contributed by atoms with Crippen LogP contribution in [0.1, 0.15) is 38.3 Å². The number of alkyl halides is 3. The lowest BCUT2D eigenvalue weighted by Crippen LogP contribution is -2.25. The molecule has 1 aliphatic carbocycles. The standard InChI is InChI=1S/C13H20F3N5/c1-8-4-2-3-5-9(8)7-18-11-6-10(13(14,15)16)19-12(20-11)21-17/h6,8-9H,2-5,7,17H2,1H3,(H2,18,19,20,21). The first kappa shape index (κ1) is 15.8. The highest BCUT2D eigenvalue weighted by molar-refractivity contribution is 5.42. The molecule has 2 atom stereocenters. The van der Waals surface area contributed by atoms with Gasteiger partial charge in [0, 0.05) is 12.6 Å². The number of nitrogens with zero attached hydrogens (tertiary/aromatic N) is 2. The third-order valence-electron chi connectivity index (χ3n) is 3.98. The van der Waals surface area contributed by atoms with Crippen molar-refractivity contribution in [1.82, 2.24) is 9.97 Å². The van der Waals surface area contributed by atoms with Gasteiger partial charge in [-0.25, -0.2) is 10.8 Å². The van der Waals surface area contributed by atoms with Gasteiger partial charge in [-0.15, -0.1) is 0 Å². The summed E-state index contributed by atoms with van der Waals surface area (Å²) in [6.07, 6.45) is 0.129. The van der Waals surface area contributed by atoms with E-state index in [0.29, 0.717) is 18.4 Å². The van der Waals surface area contributed by atoms with Crippen LogP contribution in [0.25, 0.3) is 0 Å². The van der Waals surface area contributed by atoms with Gasteiger partial charge in [-0.2, -0.15) is 18.2 Å². The van der Waals surface area contributed by atoms with Gasteiger partial charge in [0.15, 0.2) is 5.69 Å². The second-order valence-electron chi connectivity index (χ2n) is 5.51. The Labute approximate surface area is 121 Å². The molecule has 1 aromatic heterocycles. The zero-order valence-corrected chi connectivity index (χ0v) is 11.9. The number of nitrogens with two attached hydrogens (primary N) is 1. The third-order valence-corrected chi connectivity index (χ3v) is 3.98. The molecule has 2 rings (SSSR count). The molecule has 0 saturated heterocycles. The van der Waals surface area contributed by atoms with E-state index in [1.165, 1.54) is 19.3 Å². The Bertz CT molecular complexity index is 477. The molecular formula is C13H20F3N5. The lowest BCUT2D eigenvalue weighted by molar-refractivity contribution is -0.141. The number of halogens is 3. The molecule has 0 aromatic carbocycles. The summed E-state index contributed by atoms with van der Waals surface area (Å²) in [5, 5.41) is 2.99. The van der Waals surface area contributed by atoms with Crippen molar-refractivity contribution in [1.29, 1.82) is 0 Å². The molecule has 0 radical (unpaired) electrons. The molecule has 1 aliphatic rings. The highest BCUT2D eigenvalue weighted by Crippen LogP contribution is 2.31. The molecule has 1 saturated carbocycles. The average Bonchev–Trinajstić information content (AvgIpc) is 2.45. The van der Waals surface area contributed by atoms with Crippen molar-refractivity contribution in [2.75, 3.05) is 17.3 Å². The van der Waals surface area contributed by atoms with Crippen molar-refractivity contribution in [3.05, 3.63) is 11.8 Å². The molecule has 0 bridgehead atoms. The fraction of sp³-hybridized carbons (Fsp3) is 0.692. The van der Waals surface area contributed by atoms with E-state index in [0.717, 1.165) is 12.5 Å². The molecular weight excluding hydrogens is 283 g/mol. The van der Waals surface area contributed by atoms with Crippen LogP contribution < -0.4 is 16.6 Å². The van der Waals surface area contributed by atoms with Gasteiger partial charge in [0.25, 0.3) is 0 Å². The Morgan fingerprint density at radius 1 is 1.29 bits per heavy atom. The highest BCUT2D eigenvalue weighted by Gasteiger charge is 2.33. The molecule has 1 fully saturated rings. The van der Waals surface area contributed by atoms with E-state index in [2.05, 4.69) is 27.6 Å². The second-order valence-corrected chi connectivity index (χ2v) is 5.51. The van der Waals surface area contributed by atoms with Crippen LogP contribution in [0.2, 0.25) is 0 Å². The molecule has 0 spiro atoms. The lowest BCUT2D eigenvalue weighted by Gasteiger charge is -2.29. The number of hydrogen-bond donors (Lipinski definition) is 3. The number of rotatable bonds is 4. The summed E-state index contributed by atoms with van der Waals surface area (Å²) in [5.41, 5.74) is 1.05. The Hall–Kier alpha value is -1.57. The maximum Gasteiger partial charge on any atom is 0.433 e. The maximum absolute atomic E-state index is 12.8. The molecule has 8 heteroatoms. The topological polar surface area (TPSA) is 75.9 Å². The number of hydrazine groups is 1. The van der Waals surface area contributed by atoms with Crippen molar-refractivity contribution in [3.63, 3.8) is 0 Å². The zero-order chi connectivity index (χ0) is 15.5. The molecule has 4 N–H and O–H groups in total. The van der Waals surface area contributed by atoms with E-state index in [1.807, 2.05) is 0 Å². The highest BCUT2D eigenvalue weighted by atomic mass is 19.4. The molecule has 118 valence electrons. The summed E-state index contributed by atoms with van der Waals surface area (Å²) in [7, 11) is 0. The number of nitrogen functional groups attached to an aromatic ring is 1. The number of aromatic nitrogens is 2. The van der Waals surface area contributed by atoms with Gasteiger partial charge in [-0.1, -0.05) is 26.2 Å². The van der Waals surface area contributed by atoms with Crippen LogP contribution >= 0.6 is 0 Å². The van der Waals surface area contributed by atoms with Crippen molar-refractivity contribution in [3.8, 4) is 0 Å². The first-order valence-electron chi connectivity index (χ1n) is 7.07. The van der Waals surface area contributed by atoms with Gasteiger partial charge < -0.3 is 5.32 Å². The summed E-state index contributed by atoms with van der Waals surface area (Å²) in [6, 6.07) is 0.911. The molecule has 0 amide bonds. The Morgan fingerprint density at radius 3 is 2.62 bits per heavy atom. The van der Waals surface area contributed by atoms with E-state index in [4.69, 9.17) is 5.84 Å². The normalized spacial score (nSPS) is 22.9. The summed E-state index contributed by atoms with van der Waals surface area (Å²) in [6.45, 7) is 2.79. The van der Waals surface area contributed by atoms with E-state index >= 15 is 0 Å². The van der Waals surface area contributed by atoms with Crippen molar-refractivity contribution < 1.29 is 13.2 Å². The van der Waals surface area contributed by atoms with Gasteiger partial charge in [-0.3, -0.25) is 5.43 Å². The maximum atomic E-state index is 12.8. The fourth-order valence-electron chi connectivity index (χ4n) is 2.68. The van der Waals surface area contributed by atoms with Gasteiger partial charge >= 0.3 is 6.18 Å². The van der Waals surface area contributed by atoms with E-state index < -0.39 is 11.9 Å². The van der Waals surface area contributed by atoms with Crippen molar-refractivity contribution in [2.24, 2.45) is 17.7 Å². The summed E-state index contributed by atoms with van der Waals surface area (Å²) < 4.78 is 38.3. The van der Waals surface area contributed by atoms with E-state index in [9.17, 15) is 13.2 Å².